The lowest BCUT2D eigenvalue weighted by atomic mass is 10.2. The van der Waals surface area contributed by atoms with Crippen molar-refractivity contribution >= 4 is 22.9 Å². The van der Waals surface area contributed by atoms with Crippen LogP contribution in [0.1, 0.15) is 16.8 Å². The highest BCUT2D eigenvalue weighted by atomic mass is 19.1. The molecule has 1 fully saturated rings. The Balaban J connectivity index is 1.42. The van der Waals surface area contributed by atoms with Gasteiger partial charge in [0.05, 0.1) is 17.4 Å². The van der Waals surface area contributed by atoms with Crippen LogP contribution in [0.5, 0.6) is 0 Å². The Labute approximate surface area is 182 Å². The van der Waals surface area contributed by atoms with Crippen molar-refractivity contribution in [2.75, 3.05) is 31.1 Å². The number of benzene rings is 2. The third-order valence-electron chi connectivity index (χ3n) is 5.61. The molecule has 32 heavy (non-hydrogen) atoms. The quantitative estimate of drug-likeness (QED) is 0.538. The Kier molecular flexibility index (Phi) is 5.14. The van der Waals surface area contributed by atoms with Crippen LogP contribution in [0.25, 0.3) is 16.7 Å². The lowest BCUT2D eigenvalue weighted by molar-refractivity contribution is 0.0762. The molecule has 9 heteroatoms. The van der Waals surface area contributed by atoms with Crippen LogP contribution in [-0.2, 0) is 0 Å². The van der Waals surface area contributed by atoms with Gasteiger partial charge < -0.3 is 9.80 Å². The fourth-order valence-electron chi connectivity index (χ4n) is 3.95. The molecule has 0 saturated carbocycles. The molecule has 1 saturated heterocycles. The molecule has 1 aliphatic rings. The fourth-order valence-corrected chi connectivity index (χ4v) is 3.95. The van der Waals surface area contributed by atoms with E-state index in [1.807, 2.05) is 35.2 Å². The number of carbonyl (C=O) groups excluding carboxylic acids is 1. The summed E-state index contributed by atoms with van der Waals surface area (Å²) in [5, 5.41) is 4.74. The number of para-hydroxylation sites is 1. The van der Waals surface area contributed by atoms with Gasteiger partial charge >= 0.3 is 0 Å². The first-order chi connectivity index (χ1) is 15.6. The van der Waals surface area contributed by atoms with E-state index in [-0.39, 0.29) is 17.0 Å². The van der Waals surface area contributed by atoms with Crippen molar-refractivity contribution in [1.29, 1.82) is 0 Å². The van der Waals surface area contributed by atoms with Gasteiger partial charge in [-0.05, 0) is 30.7 Å². The Bertz CT molecular complexity index is 1330. The minimum Gasteiger partial charge on any atom is -0.340 e. The van der Waals surface area contributed by atoms with Crippen molar-refractivity contribution < 1.29 is 9.18 Å². The second-order valence-electron chi connectivity index (χ2n) is 7.63. The van der Waals surface area contributed by atoms with Gasteiger partial charge in [0.25, 0.3) is 11.5 Å². The highest BCUT2D eigenvalue weighted by molar-refractivity contribution is 5.94. The summed E-state index contributed by atoms with van der Waals surface area (Å²) in [5.41, 5.74) is 1.08. The monoisotopic (exact) mass is 432 g/mol. The van der Waals surface area contributed by atoms with Crippen LogP contribution in [0, 0.1) is 5.82 Å². The first-order valence-electron chi connectivity index (χ1n) is 10.4. The number of fused-ring (bicyclic) bond motifs is 1. The van der Waals surface area contributed by atoms with E-state index in [9.17, 15) is 14.0 Å². The summed E-state index contributed by atoms with van der Waals surface area (Å²) in [4.78, 5) is 36.6. The molecule has 0 aliphatic carbocycles. The maximum Gasteiger partial charge on any atom is 0.263 e. The number of nitrogens with zero attached hydrogens (tertiary/aromatic N) is 5. The number of hydrogen-bond donors (Lipinski definition) is 1. The molecular formula is C23H21FN6O2. The summed E-state index contributed by atoms with van der Waals surface area (Å²) in [5.74, 6) is -0.423. The molecule has 1 aliphatic heterocycles. The van der Waals surface area contributed by atoms with Crippen LogP contribution in [0.4, 0.5) is 10.3 Å². The largest absolute Gasteiger partial charge is 0.340 e. The van der Waals surface area contributed by atoms with Crippen LogP contribution >= 0.6 is 0 Å². The molecule has 3 heterocycles. The van der Waals surface area contributed by atoms with E-state index in [1.54, 1.807) is 21.7 Å². The number of halogens is 1. The molecule has 0 unspecified atom stereocenters. The second kappa shape index (κ2) is 8.26. The van der Waals surface area contributed by atoms with E-state index in [0.717, 1.165) is 5.69 Å². The molecule has 0 atom stereocenters. The van der Waals surface area contributed by atoms with Crippen LogP contribution in [0.2, 0.25) is 0 Å². The Morgan fingerprint density at radius 3 is 2.56 bits per heavy atom. The minimum absolute atomic E-state index is 0.0701. The number of aromatic amines is 1. The highest BCUT2D eigenvalue weighted by Crippen LogP contribution is 2.18. The van der Waals surface area contributed by atoms with E-state index in [4.69, 9.17) is 0 Å². The first kappa shape index (κ1) is 19.9. The normalized spacial score (nSPS) is 14.5. The van der Waals surface area contributed by atoms with E-state index < -0.39 is 5.82 Å². The summed E-state index contributed by atoms with van der Waals surface area (Å²) in [6, 6.07) is 15.5. The van der Waals surface area contributed by atoms with Crippen molar-refractivity contribution in [2.24, 2.45) is 0 Å². The van der Waals surface area contributed by atoms with Gasteiger partial charge in [0.2, 0.25) is 5.95 Å². The second-order valence-corrected chi connectivity index (χ2v) is 7.63. The molecule has 2 aromatic carbocycles. The fraction of sp³-hybridized carbons (Fsp3) is 0.217. The third-order valence-corrected chi connectivity index (χ3v) is 5.61. The van der Waals surface area contributed by atoms with Gasteiger partial charge in [-0.25, -0.2) is 9.07 Å². The predicted molar refractivity (Wildman–Crippen MR) is 119 cm³/mol. The zero-order valence-electron chi connectivity index (χ0n) is 17.2. The first-order valence-corrected chi connectivity index (χ1v) is 10.4. The number of anilines is 1. The number of aromatic nitrogens is 4. The maximum atomic E-state index is 14.1. The zero-order valence-corrected chi connectivity index (χ0v) is 17.2. The van der Waals surface area contributed by atoms with Gasteiger partial charge in [-0.3, -0.25) is 14.6 Å². The molecule has 2 aromatic heterocycles. The van der Waals surface area contributed by atoms with E-state index in [1.165, 1.54) is 18.3 Å². The lowest BCUT2D eigenvalue weighted by Crippen LogP contribution is -2.36. The van der Waals surface area contributed by atoms with Crippen LogP contribution in [0.3, 0.4) is 0 Å². The van der Waals surface area contributed by atoms with Crippen molar-refractivity contribution in [2.45, 2.75) is 6.42 Å². The lowest BCUT2D eigenvalue weighted by Gasteiger charge is -2.22. The van der Waals surface area contributed by atoms with Crippen molar-refractivity contribution in [3.8, 4) is 5.69 Å². The van der Waals surface area contributed by atoms with Gasteiger partial charge in [-0.15, -0.1) is 0 Å². The molecular weight excluding hydrogens is 411 g/mol. The zero-order chi connectivity index (χ0) is 22.1. The Morgan fingerprint density at radius 2 is 1.75 bits per heavy atom. The molecule has 0 spiro atoms. The van der Waals surface area contributed by atoms with Crippen LogP contribution < -0.4 is 10.5 Å². The molecule has 0 bridgehead atoms. The van der Waals surface area contributed by atoms with E-state index in [0.29, 0.717) is 49.6 Å². The average molecular weight is 432 g/mol. The minimum atomic E-state index is -0.524. The summed E-state index contributed by atoms with van der Waals surface area (Å²) in [6.07, 6.45) is 2.18. The summed E-state index contributed by atoms with van der Waals surface area (Å²) < 4.78 is 15.7. The van der Waals surface area contributed by atoms with Gasteiger partial charge in [0.1, 0.15) is 11.2 Å². The van der Waals surface area contributed by atoms with Crippen LogP contribution in [0.15, 0.2) is 65.6 Å². The number of amides is 1. The molecule has 1 amide bonds. The van der Waals surface area contributed by atoms with Crippen molar-refractivity contribution in [3.63, 3.8) is 0 Å². The summed E-state index contributed by atoms with van der Waals surface area (Å²) in [7, 11) is 0. The van der Waals surface area contributed by atoms with Crippen molar-refractivity contribution in [3.05, 3.63) is 82.5 Å². The summed E-state index contributed by atoms with van der Waals surface area (Å²) >= 11 is 0. The Hall–Kier alpha value is -4.01. The maximum absolute atomic E-state index is 14.1. The number of nitrogens with one attached hydrogen (secondary N) is 1. The number of rotatable bonds is 3. The summed E-state index contributed by atoms with van der Waals surface area (Å²) in [6.45, 7) is 1.97. The topological polar surface area (TPSA) is 87.1 Å². The third kappa shape index (κ3) is 3.62. The van der Waals surface area contributed by atoms with Crippen molar-refractivity contribution in [1.82, 2.24) is 24.6 Å². The molecule has 0 radical (unpaired) electrons. The highest BCUT2D eigenvalue weighted by Gasteiger charge is 2.24. The number of carbonyl (C=O) groups is 1. The number of H-pyrrole nitrogens is 1. The van der Waals surface area contributed by atoms with Gasteiger partial charge in [0.15, 0.2) is 5.65 Å². The van der Waals surface area contributed by atoms with Gasteiger partial charge in [-0.1, -0.05) is 30.3 Å². The molecule has 162 valence electrons. The van der Waals surface area contributed by atoms with Gasteiger partial charge in [0, 0.05) is 26.2 Å². The SMILES string of the molecule is O=C(c1ccccc1F)N1CCCN(c2nc3c(cnn3-c3ccccc3)c(=O)[nH]2)CC1. The number of hydrogen-bond acceptors (Lipinski definition) is 5. The van der Waals surface area contributed by atoms with Gasteiger partial charge in [-0.2, -0.15) is 10.1 Å². The Morgan fingerprint density at radius 1 is 0.969 bits per heavy atom. The van der Waals surface area contributed by atoms with E-state index >= 15 is 0 Å². The van der Waals surface area contributed by atoms with E-state index in [2.05, 4.69) is 15.1 Å². The molecule has 8 nitrogen and oxygen atoms in total. The molecule has 5 rings (SSSR count). The molecule has 1 N–H and O–H groups in total. The predicted octanol–water partition coefficient (Wildman–Crippen LogP) is 2.60. The smallest absolute Gasteiger partial charge is 0.263 e. The van der Waals surface area contributed by atoms with Crippen LogP contribution in [-0.4, -0.2) is 56.7 Å². The average Bonchev–Trinajstić information content (AvgIpc) is 3.09. The standard InChI is InChI=1S/C23H21FN6O2/c24-19-10-5-4-9-17(19)22(32)28-11-6-12-29(14-13-28)23-26-20-18(21(31)27-23)15-25-30(20)16-7-2-1-3-8-16/h1-5,7-10,15H,6,11-14H2,(H,26,27,31). The molecule has 4 aromatic rings.